The summed E-state index contributed by atoms with van der Waals surface area (Å²) in [6, 6.07) is 5.11. The zero-order valence-corrected chi connectivity index (χ0v) is 15.9. The lowest BCUT2D eigenvalue weighted by molar-refractivity contribution is -0.383. The highest BCUT2D eigenvalue weighted by Gasteiger charge is 2.25. The van der Waals surface area contributed by atoms with Crippen molar-refractivity contribution in [2.24, 2.45) is 5.92 Å². The molecule has 10 heteroatoms. The van der Waals surface area contributed by atoms with Gasteiger partial charge in [-0.2, -0.15) is 0 Å². The first-order valence-corrected chi connectivity index (χ1v) is 10.9. The summed E-state index contributed by atoms with van der Waals surface area (Å²) in [5.41, 5.74) is 0.975. The Kier molecular flexibility index (Phi) is 5.42. The Morgan fingerprint density at radius 1 is 1.35 bits per heavy atom. The summed E-state index contributed by atoms with van der Waals surface area (Å²) in [5.74, 6) is 0.386. The maximum atomic E-state index is 11.6. The SMILES string of the molecule is CS(=O)(=O)c1cc([N+](=O)[O-])c(NCC2CCN(c3ccncc3)CC2)s1. The van der Waals surface area contributed by atoms with Crippen molar-refractivity contribution < 1.29 is 13.3 Å². The standard InChI is InChI=1S/C16H20N4O4S2/c1-26(23,24)15-10-14(20(21)22)16(25-15)18-11-12-4-8-19(9-5-12)13-2-6-17-7-3-13/h2-3,6-7,10,12,18H,4-5,8-9,11H2,1H3. The van der Waals surface area contributed by atoms with Crippen molar-refractivity contribution >= 4 is 37.5 Å². The third kappa shape index (κ3) is 4.31. The lowest BCUT2D eigenvalue weighted by atomic mass is 9.96. The average Bonchev–Trinajstić information content (AvgIpc) is 3.06. The molecule has 0 radical (unpaired) electrons. The van der Waals surface area contributed by atoms with Gasteiger partial charge in [0.15, 0.2) is 14.8 Å². The number of nitrogens with zero attached hydrogens (tertiary/aromatic N) is 3. The number of sulfone groups is 1. The van der Waals surface area contributed by atoms with Crippen molar-refractivity contribution in [3.05, 3.63) is 40.7 Å². The number of aromatic nitrogens is 1. The van der Waals surface area contributed by atoms with Crippen LogP contribution in [0.1, 0.15) is 12.8 Å². The van der Waals surface area contributed by atoms with Crippen molar-refractivity contribution in [1.29, 1.82) is 0 Å². The minimum atomic E-state index is -3.46. The van der Waals surface area contributed by atoms with Crippen molar-refractivity contribution in [2.45, 2.75) is 17.1 Å². The number of nitro groups is 1. The highest BCUT2D eigenvalue weighted by molar-refractivity contribution is 7.92. The van der Waals surface area contributed by atoms with E-state index in [0.717, 1.165) is 55.3 Å². The molecule has 1 aliphatic heterocycles. The number of nitrogens with one attached hydrogen (secondary N) is 1. The van der Waals surface area contributed by atoms with Crippen LogP contribution in [0, 0.1) is 16.0 Å². The fourth-order valence-corrected chi connectivity index (χ4v) is 4.94. The van der Waals surface area contributed by atoms with Crippen molar-refractivity contribution in [3.63, 3.8) is 0 Å². The molecule has 2 aromatic heterocycles. The Bertz CT molecular complexity index is 875. The molecule has 26 heavy (non-hydrogen) atoms. The summed E-state index contributed by atoms with van der Waals surface area (Å²) >= 11 is 0.923. The molecule has 140 valence electrons. The highest BCUT2D eigenvalue weighted by atomic mass is 32.2. The Hall–Kier alpha value is -2.20. The van der Waals surface area contributed by atoms with Gasteiger partial charge in [-0.3, -0.25) is 15.1 Å². The number of rotatable bonds is 6. The van der Waals surface area contributed by atoms with Crippen LogP contribution < -0.4 is 10.2 Å². The molecule has 0 amide bonds. The van der Waals surface area contributed by atoms with E-state index >= 15 is 0 Å². The second-order valence-corrected chi connectivity index (χ2v) is 9.62. The van der Waals surface area contributed by atoms with Crippen LogP contribution in [0.5, 0.6) is 0 Å². The molecule has 0 aromatic carbocycles. The van der Waals surface area contributed by atoms with Gasteiger partial charge in [-0.1, -0.05) is 11.3 Å². The van der Waals surface area contributed by atoms with E-state index in [1.807, 2.05) is 12.1 Å². The van der Waals surface area contributed by atoms with Gasteiger partial charge in [-0.05, 0) is 30.9 Å². The quantitative estimate of drug-likeness (QED) is 0.591. The van der Waals surface area contributed by atoms with Gasteiger partial charge in [0.25, 0.3) is 0 Å². The van der Waals surface area contributed by atoms with Crippen LogP contribution in [0.4, 0.5) is 16.4 Å². The van der Waals surface area contributed by atoms with Gasteiger partial charge in [-0.15, -0.1) is 0 Å². The zero-order chi connectivity index (χ0) is 18.7. The fourth-order valence-electron chi connectivity index (χ4n) is 2.99. The molecule has 0 aliphatic carbocycles. The molecule has 0 unspecified atom stereocenters. The van der Waals surface area contributed by atoms with E-state index in [-0.39, 0.29) is 9.90 Å². The molecule has 0 atom stereocenters. The third-order valence-corrected chi connectivity index (χ3v) is 7.33. The molecule has 2 aromatic rings. The van der Waals surface area contributed by atoms with E-state index in [4.69, 9.17) is 0 Å². The first-order valence-electron chi connectivity index (χ1n) is 8.21. The average molecular weight is 396 g/mol. The van der Waals surface area contributed by atoms with Crippen LogP contribution >= 0.6 is 11.3 Å². The monoisotopic (exact) mass is 396 g/mol. The largest absolute Gasteiger partial charge is 0.371 e. The molecule has 1 fully saturated rings. The van der Waals surface area contributed by atoms with Gasteiger partial charge in [0.2, 0.25) is 0 Å². The summed E-state index contributed by atoms with van der Waals surface area (Å²) in [6.45, 7) is 2.42. The molecule has 0 bridgehead atoms. The number of pyridine rings is 1. The first-order chi connectivity index (χ1) is 12.3. The van der Waals surface area contributed by atoms with Gasteiger partial charge >= 0.3 is 5.69 Å². The molecular formula is C16H20N4O4S2. The van der Waals surface area contributed by atoms with Crippen LogP contribution in [-0.2, 0) is 9.84 Å². The summed E-state index contributed by atoms with van der Waals surface area (Å²) < 4.78 is 23.3. The number of anilines is 2. The summed E-state index contributed by atoms with van der Waals surface area (Å²) in [4.78, 5) is 17.0. The number of piperidine rings is 1. The van der Waals surface area contributed by atoms with Crippen LogP contribution in [0.2, 0.25) is 0 Å². The van der Waals surface area contributed by atoms with Crippen molar-refractivity contribution in [1.82, 2.24) is 4.98 Å². The molecule has 1 saturated heterocycles. The van der Waals surface area contributed by atoms with Gasteiger partial charge in [0.05, 0.1) is 4.92 Å². The second-order valence-electron chi connectivity index (χ2n) is 6.33. The minimum Gasteiger partial charge on any atom is -0.371 e. The number of hydrogen-bond acceptors (Lipinski definition) is 8. The molecule has 3 rings (SSSR count). The van der Waals surface area contributed by atoms with E-state index < -0.39 is 14.8 Å². The molecule has 0 saturated carbocycles. The highest BCUT2D eigenvalue weighted by Crippen LogP contribution is 2.37. The summed E-state index contributed by atoms with van der Waals surface area (Å²) in [6.07, 6.45) is 6.54. The molecule has 3 heterocycles. The molecule has 1 N–H and O–H groups in total. The Labute approximate surface area is 155 Å². The van der Waals surface area contributed by atoms with Crippen LogP contribution in [0.3, 0.4) is 0 Å². The van der Waals surface area contributed by atoms with Gasteiger partial charge in [0, 0.05) is 50.0 Å². The Balaban J connectivity index is 1.60. The lowest BCUT2D eigenvalue weighted by Crippen LogP contribution is -2.35. The topological polar surface area (TPSA) is 105 Å². The van der Waals surface area contributed by atoms with Crippen LogP contribution in [0.25, 0.3) is 0 Å². The summed E-state index contributed by atoms with van der Waals surface area (Å²) in [5, 5.41) is 14.6. The fraction of sp³-hybridized carbons (Fsp3) is 0.438. The Morgan fingerprint density at radius 3 is 2.58 bits per heavy atom. The van der Waals surface area contributed by atoms with Crippen LogP contribution in [0.15, 0.2) is 34.8 Å². The molecule has 0 spiro atoms. The normalized spacial score (nSPS) is 15.8. The van der Waals surface area contributed by atoms with E-state index in [1.165, 1.54) is 0 Å². The molecule has 1 aliphatic rings. The first kappa shape index (κ1) is 18.6. The van der Waals surface area contributed by atoms with Crippen molar-refractivity contribution in [2.75, 3.05) is 36.1 Å². The number of hydrogen-bond donors (Lipinski definition) is 1. The predicted molar refractivity (Wildman–Crippen MR) is 102 cm³/mol. The second kappa shape index (κ2) is 7.58. The van der Waals surface area contributed by atoms with E-state index in [9.17, 15) is 18.5 Å². The third-order valence-electron chi connectivity index (χ3n) is 4.45. The molecular weight excluding hydrogens is 376 g/mol. The molecule has 8 nitrogen and oxygen atoms in total. The van der Waals surface area contributed by atoms with Gasteiger partial charge in [0.1, 0.15) is 4.21 Å². The Morgan fingerprint density at radius 2 is 2.00 bits per heavy atom. The maximum Gasteiger partial charge on any atom is 0.304 e. The minimum absolute atomic E-state index is 0.0132. The summed E-state index contributed by atoms with van der Waals surface area (Å²) in [7, 11) is -3.46. The zero-order valence-electron chi connectivity index (χ0n) is 14.3. The number of thiophene rings is 1. The maximum absolute atomic E-state index is 11.6. The lowest BCUT2D eigenvalue weighted by Gasteiger charge is -2.33. The van der Waals surface area contributed by atoms with E-state index in [0.29, 0.717) is 17.5 Å². The van der Waals surface area contributed by atoms with Gasteiger partial charge in [-0.25, -0.2) is 8.42 Å². The smallest absolute Gasteiger partial charge is 0.304 e. The van der Waals surface area contributed by atoms with Gasteiger partial charge < -0.3 is 10.2 Å². The van der Waals surface area contributed by atoms with Crippen LogP contribution in [-0.4, -0.2) is 44.2 Å². The van der Waals surface area contributed by atoms with Crippen molar-refractivity contribution in [3.8, 4) is 0 Å². The van der Waals surface area contributed by atoms with E-state index in [1.54, 1.807) is 12.4 Å². The predicted octanol–water partition coefficient (Wildman–Crippen LogP) is 2.78. The van der Waals surface area contributed by atoms with E-state index in [2.05, 4.69) is 15.2 Å².